The van der Waals surface area contributed by atoms with Crippen LogP contribution < -0.4 is 5.32 Å². The third-order valence-corrected chi connectivity index (χ3v) is 4.43. The maximum absolute atomic E-state index is 13.0. The lowest BCUT2D eigenvalue weighted by Crippen LogP contribution is -2.13. The molecule has 10 nitrogen and oxygen atoms in total. The van der Waals surface area contributed by atoms with Crippen LogP contribution in [0.5, 0.6) is 0 Å². The highest BCUT2D eigenvalue weighted by atomic mass is 19.4. The SMILES string of the molecule is O=[N+]([O-])c1cc(C(F)(F)F)cc([N+](=O)[O-])c1NCc1nnc2n1CCCCC2. The minimum Gasteiger partial charge on any atom is -0.367 e. The van der Waals surface area contributed by atoms with Crippen LogP contribution in [-0.4, -0.2) is 24.6 Å². The lowest BCUT2D eigenvalue weighted by atomic mass is 10.1. The van der Waals surface area contributed by atoms with Crippen molar-refractivity contribution in [1.82, 2.24) is 14.8 Å². The van der Waals surface area contributed by atoms with Gasteiger partial charge in [0.15, 0.2) is 11.5 Å². The molecule has 13 heteroatoms. The minimum atomic E-state index is -4.96. The van der Waals surface area contributed by atoms with Gasteiger partial charge in [0.05, 0.1) is 22.0 Å². The van der Waals surface area contributed by atoms with E-state index in [1.165, 1.54) is 0 Å². The highest BCUT2D eigenvalue weighted by Gasteiger charge is 2.37. The number of nitro benzene ring substituents is 2. The smallest absolute Gasteiger partial charge is 0.367 e. The number of nitrogens with one attached hydrogen (secondary N) is 1. The predicted octanol–water partition coefficient (Wildman–Crippen LogP) is 3.45. The van der Waals surface area contributed by atoms with Crippen molar-refractivity contribution >= 4 is 17.1 Å². The van der Waals surface area contributed by atoms with Crippen LogP contribution in [0.3, 0.4) is 0 Å². The van der Waals surface area contributed by atoms with Crippen molar-refractivity contribution in [2.45, 2.75) is 44.9 Å². The van der Waals surface area contributed by atoms with E-state index in [1.807, 2.05) is 4.57 Å². The van der Waals surface area contributed by atoms with Crippen molar-refractivity contribution in [3.8, 4) is 0 Å². The molecule has 0 radical (unpaired) electrons. The zero-order chi connectivity index (χ0) is 20.5. The largest absolute Gasteiger partial charge is 0.416 e. The van der Waals surface area contributed by atoms with Gasteiger partial charge >= 0.3 is 6.18 Å². The second-order valence-corrected chi connectivity index (χ2v) is 6.25. The molecule has 1 aromatic carbocycles. The minimum absolute atomic E-state index is 0.153. The first-order valence-corrected chi connectivity index (χ1v) is 8.37. The van der Waals surface area contributed by atoms with Crippen LogP contribution in [-0.2, 0) is 25.7 Å². The summed E-state index contributed by atoms with van der Waals surface area (Å²) in [4.78, 5) is 20.3. The maximum Gasteiger partial charge on any atom is 0.416 e. The first kappa shape index (κ1) is 19.5. The number of nitro groups is 2. The average Bonchev–Trinajstić information content (AvgIpc) is 2.84. The monoisotopic (exact) mass is 400 g/mol. The van der Waals surface area contributed by atoms with Gasteiger partial charge in [0.2, 0.25) is 0 Å². The molecule has 0 spiro atoms. The number of benzene rings is 1. The van der Waals surface area contributed by atoms with Gasteiger partial charge in [-0.05, 0) is 12.8 Å². The molecule has 28 heavy (non-hydrogen) atoms. The molecule has 1 aliphatic heterocycles. The number of halogens is 3. The Morgan fingerprint density at radius 1 is 1.07 bits per heavy atom. The van der Waals surface area contributed by atoms with Gasteiger partial charge in [-0.15, -0.1) is 10.2 Å². The summed E-state index contributed by atoms with van der Waals surface area (Å²) in [6.45, 7) is 0.483. The Hall–Kier alpha value is -3.25. The lowest BCUT2D eigenvalue weighted by molar-refractivity contribution is -0.392. The Bertz CT molecular complexity index is 892. The molecule has 3 rings (SSSR count). The molecule has 2 aromatic rings. The van der Waals surface area contributed by atoms with E-state index in [9.17, 15) is 33.4 Å². The highest BCUT2D eigenvalue weighted by Crippen LogP contribution is 2.41. The summed E-state index contributed by atoms with van der Waals surface area (Å²) in [5.41, 5.74) is -4.13. The van der Waals surface area contributed by atoms with Crippen molar-refractivity contribution in [1.29, 1.82) is 0 Å². The summed E-state index contributed by atoms with van der Waals surface area (Å²) in [6.07, 6.45) is -1.40. The number of aromatic nitrogens is 3. The fourth-order valence-corrected chi connectivity index (χ4v) is 3.09. The van der Waals surface area contributed by atoms with E-state index in [4.69, 9.17) is 0 Å². The zero-order valence-electron chi connectivity index (χ0n) is 14.4. The van der Waals surface area contributed by atoms with Crippen molar-refractivity contribution in [2.24, 2.45) is 0 Å². The van der Waals surface area contributed by atoms with Gasteiger partial charge in [-0.1, -0.05) is 6.42 Å². The van der Waals surface area contributed by atoms with Crippen LogP contribution in [0, 0.1) is 20.2 Å². The molecule has 150 valence electrons. The average molecular weight is 400 g/mol. The summed E-state index contributed by atoms with van der Waals surface area (Å²) < 4.78 is 40.7. The number of aryl methyl sites for hydroxylation is 1. The molecule has 0 saturated heterocycles. The van der Waals surface area contributed by atoms with Gasteiger partial charge in [-0.3, -0.25) is 20.2 Å². The van der Waals surface area contributed by atoms with Gasteiger partial charge in [0.25, 0.3) is 11.4 Å². The molecule has 0 saturated carbocycles. The summed E-state index contributed by atoms with van der Waals surface area (Å²) >= 11 is 0. The van der Waals surface area contributed by atoms with Crippen LogP contribution in [0.25, 0.3) is 0 Å². The Balaban J connectivity index is 1.98. The molecule has 0 fully saturated rings. The van der Waals surface area contributed by atoms with Gasteiger partial charge in [0.1, 0.15) is 5.82 Å². The van der Waals surface area contributed by atoms with Gasteiger partial charge < -0.3 is 9.88 Å². The summed E-state index contributed by atoms with van der Waals surface area (Å²) in [7, 11) is 0. The number of rotatable bonds is 5. The molecule has 0 unspecified atom stereocenters. The molecule has 1 N–H and O–H groups in total. The van der Waals surface area contributed by atoms with E-state index in [1.54, 1.807) is 0 Å². The maximum atomic E-state index is 13.0. The molecule has 0 amide bonds. The fourth-order valence-electron chi connectivity index (χ4n) is 3.09. The normalized spacial score (nSPS) is 14.2. The van der Waals surface area contributed by atoms with Gasteiger partial charge in [0, 0.05) is 25.1 Å². The predicted molar refractivity (Wildman–Crippen MR) is 89.7 cm³/mol. The number of hydrogen-bond acceptors (Lipinski definition) is 7. The molecule has 2 heterocycles. The Kier molecular flexibility index (Phi) is 5.16. The van der Waals surface area contributed by atoms with E-state index in [2.05, 4.69) is 15.5 Å². The molecule has 1 aliphatic rings. The highest BCUT2D eigenvalue weighted by molar-refractivity contribution is 5.75. The second-order valence-electron chi connectivity index (χ2n) is 6.25. The molecule has 0 aliphatic carbocycles. The number of alkyl halides is 3. The van der Waals surface area contributed by atoms with E-state index in [0.29, 0.717) is 18.8 Å². The van der Waals surface area contributed by atoms with Crippen molar-refractivity contribution in [3.63, 3.8) is 0 Å². The van der Waals surface area contributed by atoms with Crippen molar-refractivity contribution in [3.05, 3.63) is 49.6 Å². The van der Waals surface area contributed by atoms with E-state index in [0.717, 1.165) is 25.1 Å². The first-order valence-electron chi connectivity index (χ1n) is 8.37. The van der Waals surface area contributed by atoms with E-state index in [-0.39, 0.29) is 18.7 Å². The summed E-state index contributed by atoms with van der Waals surface area (Å²) in [5.74, 6) is 1.14. The van der Waals surface area contributed by atoms with Crippen molar-refractivity contribution < 1.29 is 23.0 Å². The van der Waals surface area contributed by atoms with Crippen LogP contribution in [0.4, 0.5) is 30.2 Å². The van der Waals surface area contributed by atoms with Crippen molar-refractivity contribution in [2.75, 3.05) is 5.32 Å². The van der Waals surface area contributed by atoms with E-state index >= 15 is 0 Å². The van der Waals surface area contributed by atoms with Gasteiger partial charge in [-0.25, -0.2) is 0 Å². The quantitative estimate of drug-likeness (QED) is 0.601. The number of hydrogen-bond donors (Lipinski definition) is 1. The second kappa shape index (κ2) is 7.40. The Labute approximate surface area is 155 Å². The number of nitrogens with zero attached hydrogens (tertiary/aromatic N) is 5. The standard InChI is InChI=1S/C15H15F3N6O4/c16-15(17,18)9-6-10(23(25)26)14(11(7-9)24(27)28)19-8-13-21-20-12-4-2-1-3-5-22(12)13/h6-7,19H,1-5,8H2. The zero-order valence-corrected chi connectivity index (χ0v) is 14.4. The molecular formula is C15H15F3N6O4. The molecule has 0 atom stereocenters. The molecular weight excluding hydrogens is 385 g/mol. The van der Waals surface area contributed by atoms with E-state index < -0.39 is 38.6 Å². The van der Waals surface area contributed by atoms with Crippen LogP contribution in [0.1, 0.15) is 36.5 Å². The topological polar surface area (TPSA) is 129 Å². The number of anilines is 1. The number of fused-ring (bicyclic) bond motifs is 1. The Morgan fingerprint density at radius 3 is 2.29 bits per heavy atom. The fraction of sp³-hybridized carbons (Fsp3) is 0.467. The third-order valence-electron chi connectivity index (χ3n) is 4.43. The van der Waals surface area contributed by atoms with Crippen LogP contribution >= 0.6 is 0 Å². The lowest BCUT2D eigenvalue weighted by Gasteiger charge is -2.12. The molecule has 0 bridgehead atoms. The summed E-state index contributed by atoms with van der Waals surface area (Å²) in [6, 6.07) is 0.555. The third kappa shape index (κ3) is 3.87. The van der Waals surface area contributed by atoms with Crippen LogP contribution in [0.15, 0.2) is 12.1 Å². The molecule has 1 aromatic heterocycles. The Morgan fingerprint density at radius 2 is 1.71 bits per heavy atom. The first-order chi connectivity index (χ1) is 13.2. The van der Waals surface area contributed by atoms with Gasteiger partial charge in [-0.2, -0.15) is 13.2 Å². The summed E-state index contributed by atoms with van der Waals surface area (Å²) in [5, 5.41) is 33.1. The van der Waals surface area contributed by atoms with Crippen LogP contribution in [0.2, 0.25) is 0 Å².